The Labute approximate surface area is 510 Å². The summed E-state index contributed by atoms with van der Waals surface area (Å²) in [6.45, 7) is 8.39. The molecule has 0 saturated carbocycles. The Bertz CT molecular complexity index is 5610. The van der Waals surface area contributed by atoms with Gasteiger partial charge in [0.05, 0.1) is 66.1 Å². The first-order chi connectivity index (χ1) is 43.5. The number of hydrogen-bond donors (Lipinski definition) is 0. The molecule has 0 amide bonds. The smallest absolute Gasteiger partial charge is 0.306 e. The van der Waals surface area contributed by atoms with Crippen molar-refractivity contribution >= 4 is 127 Å². The Hall–Kier alpha value is -10.8. The van der Waals surface area contributed by atoms with E-state index in [9.17, 15) is 0 Å². The summed E-state index contributed by atoms with van der Waals surface area (Å²) in [6.07, 6.45) is 0. The second-order valence-electron chi connectivity index (χ2n) is 23.3. The molecule has 13 nitrogen and oxygen atoms in total. The van der Waals surface area contributed by atoms with Crippen LogP contribution in [0.5, 0.6) is 0 Å². The Morgan fingerprint density at radius 3 is 1.45 bits per heavy atom. The van der Waals surface area contributed by atoms with Crippen molar-refractivity contribution in [1.82, 2.24) is 37.3 Å². The van der Waals surface area contributed by atoms with Crippen molar-refractivity contribution < 1.29 is 13.5 Å². The van der Waals surface area contributed by atoms with Gasteiger partial charge in [-0.05, 0) is 187 Å². The van der Waals surface area contributed by atoms with Gasteiger partial charge in [0.25, 0.3) is 0 Å². The predicted octanol–water partition coefficient (Wildman–Crippen LogP) is 18.6. The molecule has 18 rings (SSSR count). The molecule has 0 spiro atoms. The number of benzene rings is 11. The highest BCUT2D eigenvalue weighted by molar-refractivity contribution is 7.70. The molecule has 0 radical (unpaired) electrons. The number of para-hydroxylation sites is 6. The summed E-state index contributed by atoms with van der Waals surface area (Å²) in [5, 5.41) is 3.17. The molecule has 7 heterocycles. The lowest BCUT2D eigenvalue weighted by Crippen LogP contribution is -2.30. The fourth-order valence-electron chi connectivity index (χ4n) is 13.5. The summed E-state index contributed by atoms with van der Waals surface area (Å²) in [5.41, 5.74) is 19.2. The van der Waals surface area contributed by atoms with Crippen LogP contribution in [-0.2, 0) is 9.13 Å². The Kier molecular flexibility index (Phi) is 10.9. The number of aromatic nitrogens is 8. The van der Waals surface area contributed by atoms with Crippen molar-refractivity contribution in [2.45, 2.75) is 27.7 Å². The first-order valence-corrected chi connectivity index (χ1v) is 32.9. The summed E-state index contributed by atoms with van der Waals surface area (Å²) >= 11 is 0. The first kappa shape index (κ1) is 51.4. The molecule has 0 aliphatic carbocycles. The molecule has 0 fully saturated rings. The van der Waals surface area contributed by atoms with Gasteiger partial charge in [0, 0.05) is 16.3 Å². The van der Waals surface area contributed by atoms with E-state index in [-0.39, 0.29) is 0 Å². The number of fused-ring (bicyclic) bond motifs is 15. The van der Waals surface area contributed by atoms with Gasteiger partial charge in [-0.2, -0.15) is 0 Å². The van der Waals surface area contributed by atoms with E-state index >= 15 is 9.13 Å². The molecule has 5 aromatic heterocycles. The molecule has 2 aliphatic heterocycles. The van der Waals surface area contributed by atoms with Gasteiger partial charge in [0.2, 0.25) is 23.8 Å². The van der Waals surface area contributed by atoms with E-state index in [1.165, 1.54) is 0 Å². The fraction of sp³-hybridized carbons (Fsp3) is 0.0541. The summed E-state index contributed by atoms with van der Waals surface area (Å²) in [5.74, 6) is 2.02. The lowest BCUT2D eigenvalue weighted by atomic mass is 9.99. The van der Waals surface area contributed by atoms with E-state index in [0.717, 1.165) is 116 Å². The third-order valence-corrected chi connectivity index (χ3v) is 23.8. The lowest BCUT2D eigenvalue weighted by Gasteiger charge is -2.36. The molecule has 426 valence electrons. The third kappa shape index (κ3) is 7.31. The van der Waals surface area contributed by atoms with Crippen molar-refractivity contribution in [3.63, 3.8) is 0 Å². The first-order valence-electron chi connectivity index (χ1n) is 29.7. The zero-order valence-electron chi connectivity index (χ0n) is 48.7. The Balaban J connectivity index is 0.766. The van der Waals surface area contributed by atoms with E-state index in [4.69, 9.17) is 24.4 Å². The highest BCUT2D eigenvalue weighted by Gasteiger charge is 2.48. The van der Waals surface area contributed by atoms with Crippen LogP contribution in [0.25, 0.3) is 99.5 Å². The highest BCUT2D eigenvalue weighted by atomic mass is 31.2. The minimum absolute atomic E-state index is 0.487. The third-order valence-electron chi connectivity index (χ3n) is 18.1. The monoisotopic (exact) mass is 1190 g/mol. The van der Waals surface area contributed by atoms with Gasteiger partial charge >= 0.3 is 14.9 Å². The zero-order chi connectivity index (χ0) is 59.6. The van der Waals surface area contributed by atoms with Crippen LogP contribution < -0.4 is 20.4 Å². The zero-order valence-corrected chi connectivity index (χ0v) is 50.5. The molecule has 11 aromatic carbocycles. The maximum atomic E-state index is 17.6. The molecular formula is C74H52N10O3P2. The number of anilines is 6. The molecular weight excluding hydrogens is 1140 g/mol. The molecule has 15 heteroatoms. The molecule has 2 aliphatic rings. The average molecular weight is 1190 g/mol. The van der Waals surface area contributed by atoms with Crippen LogP contribution in [-0.4, -0.2) is 37.3 Å². The minimum Gasteiger partial charge on any atom is -0.456 e. The van der Waals surface area contributed by atoms with Crippen molar-refractivity contribution in [1.29, 1.82) is 0 Å². The SMILES string of the molecule is Cc1cc2nc3n(c2cc1C)P(=O)(c1cccc(-c2cccc(-c4ccc(N5c6nc7ccccc7n6P(=O)(c6ccc7c(c6)oc6ccccc67)n6c5nc5ccccc56)cc4)c2)c1)n1c(nc2cc(C)c(C)cc21)N3c1ccccc1-c1ccccc1. The van der Waals surface area contributed by atoms with Crippen molar-refractivity contribution in [2.24, 2.45) is 0 Å². The van der Waals surface area contributed by atoms with Crippen LogP contribution in [0, 0.1) is 27.7 Å². The van der Waals surface area contributed by atoms with Crippen molar-refractivity contribution in [3.8, 4) is 33.4 Å². The molecule has 89 heavy (non-hydrogen) atoms. The fourth-order valence-corrected chi connectivity index (χ4v) is 19.3. The second-order valence-corrected chi connectivity index (χ2v) is 28.1. The average Bonchev–Trinajstić information content (AvgIpc) is 1.57. The van der Waals surface area contributed by atoms with Crippen LogP contribution >= 0.6 is 14.9 Å². The van der Waals surface area contributed by atoms with Crippen LogP contribution in [0.4, 0.5) is 35.2 Å². The van der Waals surface area contributed by atoms with Crippen LogP contribution in [0.3, 0.4) is 0 Å². The quantitative estimate of drug-likeness (QED) is 0.143. The molecule has 0 saturated heterocycles. The van der Waals surface area contributed by atoms with E-state index in [1.54, 1.807) is 0 Å². The Morgan fingerprint density at radius 2 is 0.798 bits per heavy atom. The van der Waals surface area contributed by atoms with E-state index in [1.807, 2.05) is 138 Å². The van der Waals surface area contributed by atoms with E-state index in [2.05, 4.69) is 160 Å². The van der Waals surface area contributed by atoms with E-state index in [0.29, 0.717) is 51.0 Å². The number of aryl methyl sites for hydroxylation is 4. The minimum atomic E-state index is -3.97. The molecule has 0 unspecified atom stereocenters. The van der Waals surface area contributed by atoms with Crippen molar-refractivity contribution in [3.05, 3.63) is 265 Å². The van der Waals surface area contributed by atoms with E-state index < -0.39 is 14.9 Å². The van der Waals surface area contributed by atoms with Gasteiger partial charge in [0.1, 0.15) is 11.2 Å². The standard InChI is InChI=1S/C74H52N10O3P2/c1-45-38-62-67(40-47(45)3)83-73(77-62)80(64-28-12-8-24-57(64)50-18-6-5-7-19-50)74-78-63-39-46(2)48(4)41-68(63)84(74)88(83,85)55-23-17-22-53(43-55)52-21-16-20-51(42-52)49-32-34-54(35-33-49)79-71-75-60-26-10-13-29-65(60)81(71)89(86,82-66-30-14-11-27-61(66)76-72(79)82)56-36-37-59-58-25-9-15-31-69(58)87-70(59)44-56/h5-44H,1-4H3. The molecule has 0 N–H and O–H groups in total. The lowest BCUT2D eigenvalue weighted by molar-refractivity contribution is 0.568. The normalized spacial score (nSPS) is 14.1. The topological polar surface area (TPSA) is 125 Å². The number of imidazole rings is 4. The predicted molar refractivity (Wildman–Crippen MR) is 360 cm³/mol. The maximum absolute atomic E-state index is 17.6. The number of furan rings is 1. The summed E-state index contributed by atoms with van der Waals surface area (Å²) < 4.78 is 48.8. The van der Waals surface area contributed by atoms with Gasteiger partial charge in [-0.3, -0.25) is 9.13 Å². The van der Waals surface area contributed by atoms with Gasteiger partial charge < -0.3 is 4.42 Å². The molecule has 0 bridgehead atoms. The highest BCUT2D eigenvalue weighted by Crippen LogP contribution is 2.64. The number of nitrogens with zero attached hydrogens (tertiary/aromatic N) is 10. The van der Waals surface area contributed by atoms with Crippen LogP contribution in [0.1, 0.15) is 22.3 Å². The molecule has 0 atom stereocenters. The second kappa shape index (κ2) is 18.8. The summed E-state index contributed by atoms with van der Waals surface area (Å²) in [7, 11) is -7.84. The summed E-state index contributed by atoms with van der Waals surface area (Å²) in [4.78, 5) is 25.6. The van der Waals surface area contributed by atoms with Gasteiger partial charge in [-0.25, -0.2) is 47.1 Å². The van der Waals surface area contributed by atoms with Gasteiger partial charge in [-0.1, -0.05) is 133 Å². The van der Waals surface area contributed by atoms with Gasteiger partial charge in [-0.15, -0.1) is 0 Å². The van der Waals surface area contributed by atoms with Crippen LogP contribution in [0.15, 0.2) is 247 Å². The largest absolute Gasteiger partial charge is 0.456 e. The van der Waals surface area contributed by atoms with Crippen LogP contribution in [0.2, 0.25) is 0 Å². The maximum Gasteiger partial charge on any atom is 0.306 e. The summed E-state index contributed by atoms with van der Waals surface area (Å²) in [6, 6.07) is 81.8. The number of hydrogen-bond acceptors (Lipinski definition) is 9. The Morgan fingerprint density at radius 1 is 0.326 bits per heavy atom. The van der Waals surface area contributed by atoms with Gasteiger partial charge in [0.15, 0.2) is 0 Å². The van der Waals surface area contributed by atoms with Crippen molar-refractivity contribution in [2.75, 3.05) is 9.80 Å². The number of rotatable bonds is 7. The molecule has 16 aromatic rings.